The van der Waals surface area contributed by atoms with Crippen molar-refractivity contribution in [1.82, 2.24) is 9.97 Å². The van der Waals surface area contributed by atoms with Crippen LogP contribution in [0, 0.1) is 0 Å². The monoisotopic (exact) mass is 311 g/mol. The van der Waals surface area contributed by atoms with Crippen molar-refractivity contribution in [3.63, 3.8) is 0 Å². The smallest absolute Gasteiger partial charge is 0.224 e. The molecule has 0 aliphatic heterocycles. The highest BCUT2D eigenvalue weighted by Crippen LogP contribution is 2.29. The number of ether oxygens (including phenoxy) is 1. The fourth-order valence-corrected chi connectivity index (χ4v) is 1.94. The van der Waals surface area contributed by atoms with E-state index in [2.05, 4.69) is 22.2 Å². The second kappa shape index (κ2) is 6.77. The molecule has 1 aromatic heterocycles. The van der Waals surface area contributed by atoms with E-state index in [1.165, 1.54) is 0 Å². The standard InChI is InChI=1S/C14H15Cl2N3O/c1-3-4-12-18-13(17-2)8-14(19-12)20-9-5-6-10(15)11(16)7-9/h5-8H,3-4H2,1-2H3,(H,17,18,19). The predicted molar refractivity (Wildman–Crippen MR) is 82.1 cm³/mol. The highest BCUT2D eigenvalue weighted by atomic mass is 35.5. The molecular weight excluding hydrogens is 297 g/mol. The number of halogens is 2. The van der Waals surface area contributed by atoms with Crippen LogP contribution in [-0.2, 0) is 6.42 Å². The minimum atomic E-state index is 0.445. The van der Waals surface area contributed by atoms with E-state index in [1.807, 2.05) is 0 Å². The number of nitrogens with zero attached hydrogens (tertiary/aromatic N) is 2. The third-order valence-corrected chi connectivity index (χ3v) is 3.33. The van der Waals surface area contributed by atoms with Crippen LogP contribution in [0.2, 0.25) is 10.0 Å². The quantitative estimate of drug-likeness (QED) is 0.878. The van der Waals surface area contributed by atoms with Gasteiger partial charge in [0.15, 0.2) is 0 Å². The zero-order valence-electron chi connectivity index (χ0n) is 11.3. The first kappa shape index (κ1) is 14.9. The van der Waals surface area contributed by atoms with Gasteiger partial charge in [-0.15, -0.1) is 0 Å². The van der Waals surface area contributed by atoms with E-state index in [4.69, 9.17) is 27.9 Å². The van der Waals surface area contributed by atoms with Crippen LogP contribution in [-0.4, -0.2) is 17.0 Å². The van der Waals surface area contributed by atoms with E-state index >= 15 is 0 Å². The first-order valence-corrected chi connectivity index (χ1v) is 7.06. The van der Waals surface area contributed by atoms with Crippen molar-refractivity contribution >= 4 is 29.0 Å². The summed E-state index contributed by atoms with van der Waals surface area (Å²) in [4.78, 5) is 8.73. The Kier molecular flexibility index (Phi) is 5.04. The predicted octanol–water partition coefficient (Wildman–Crippen LogP) is 4.57. The summed E-state index contributed by atoms with van der Waals surface area (Å²) < 4.78 is 5.71. The molecule has 0 aliphatic rings. The Bertz CT molecular complexity index is 605. The third-order valence-electron chi connectivity index (χ3n) is 2.59. The van der Waals surface area contributed by atoms with E-state index in [-0.39, 0.29) is 0 Å². The molecular formula is C14H15Cl2N3O. The second-order valence-corrected chi connectivity index (χ2v) is 5.00. The average molecular weight is 312 g/mol. The molecule has 1 heterocycles. The van der Waals surface area contributed by atoms with Crippen LogP contribution in [0.4, 0.5) is 5.82 Å². The maximum absolute atomic E-state index is 5.96. The van der Waals surface area contributed by atoms with Gasteiger partial charge in [0, 0.05) is 25.6 Å². The molecule has 6 heteroatoms. The van der Waals surface area contributed by atoms with Crippen LogP contribution in [0.25, 0.3) is 0 Å². The molecule has 20 heavy (non-hydrogen) atoms. The second-order valence-electron chi connectivity index (χ2n) is 4.19. The molecule has 0 amide bonds. The molecule has 0 radical (unpaired) electrons. The number of benzene rings is 1. The van der Waals surface area contributed by atoms with Crippen molar-refractivity contribution in [2.45, 2.75) is 19.8 Å². The molecule has 0 saturated carbocycles. The Morgan fingerprint density at radius 2 is 1.95 bits per heavy atom. The van der Waals surface area contributed by atoms with Crippen LogP contribution >= 0.6 is 23.2 Å². The summed E-state index contributed by atoms with van der Waals surface area (Å²) in [6.07, 6.45) is 1.77. The molecule has 0 aliphatic carbocycles. The first-order valence-electron chi connectivity index (χ1n) is 6.31. The Labute approximate surface area is 128 Å². The van der Waals surface area contributed by atoms with Gasteiger partial charge < -0.3 is 10.1 Å². The van der Waals surface area contributed by atoms with Crippen molar-refractivity contribution < 1.29 is 4.74 Å². The van der Waals surface area contributed by atoms with Gasteiger partial charge in [0.25, 0.3) is 0 Å². The maximum atomic E-state index is 5.96. The lowest BCUT2D eigenvalue weighted by atomic mass is 10.3. The van der Waals surface area contributed by atoms with Gasteiger partial charge in [-0.05, 0) is 18.6 Å². The lowest BCUT2D eigenvalue weighted by Crippen LogP contribution is -2.01. The van der Waals surface area contributed by atoms with E-state index in [0.29, 0.717) is 21.7 Å². The Morgan fingerprint density at radius 3 is 2.60 bits per heavy atom. The van der Waals surface area contributed by atoms with Crippen LogP contribution in [0.15, 0.2) is 24.3 Å². The largest absolute Gasteiger partial charge is 0.439 e. The lowest BCUT2D eigenvalue weighted by Gasteiger charge is -2.09. The first-order chi connectivity index (χ1) is 9.62. The van der Waals surface area contributed by atoms with Crippen molar-refractivity contribution in [2.24, 2.45) is 0 Å². The molecule has 0 spiro atoms. The average Bonchev–Trinajstić information content (AvgIpc) is 2.43. The SMILES string of the molecule is CCCc1nc(NC)cc(Oc2ccc(Cl)c(Cl)c2)n1. The number of nitrogens with one attached hydrogen (secondary N) is 1. The molecule has 0 fully saturated rings. The van der Waals surface area contributed by atoms with Gasteiger partial charge in [0.05, 0.1) is 10.0 Å². The molecule has 2 rings (SSSR count). The fraction of sp³-hybridized carbons (Fsp3) is 0.286. The summed E-state index contributed by atoms with van der Waals surface area (Å²) in [6, 6.07) is 6.83. The number of hydrogen-bond donors (Lipinski definition) is 1. The van der Waals surface area contributed by atoms with Gasteiger partial charge in [-0.3, -0.25) is 0 Å². The summed E-state index contributed by atoms with van der Waals surface area (Å²) in [5, 5.41) is 3.93. The van der Waals surface area contributed by atoms with Crippen LogP contribution in [0.1, 0.15) is 19.2 Å². The van der Waals surface area contributed by atoms with Crippen molar-refractivity contribution in [1.29, 1.82) is 0 Å². The molecule has 0 bridgehead atoms. The van der Waals surface area contributed by atoms with Crippen LogP contribution < -0.4 is 10.1 Å². The van der Waals surface area contributed by atoms with Gasteiger partial charge in [0.2, 0.25) is 5.88 Å². The van der Waals surface area contributed by atoms with Crippen molar-refractivity contribution in [3.8, 4) is 11.6 Å². The Hall–Kier alpha value is -1.52. The van der Waals surface area contributed by atoms with Gasteiger partial charge >= 0.3 is 0 Å². The van der Waals surface area contributed by atoms with Gasteiger partial charge in [-0.2, -0.15) is 4.98 Å². The summed E-state index contributed by atoms with van der Waals surface area (Å²) in [6.45, 7) is 2.08. The highest BCUT2D eigenvalue weighted by Gasteiger charge is 2.07. The molecule has 1 aromatic carbocycles. The van der Waals surface area contributed by atoms with Gasteiger partial charge in [-0.25, -0.2) is 4.98 Å². The van der Waals surface area contributed by atoms with E-state index in [1.54, 1.807) is 31.3 Å². The van der Waals surface area contributed by atoms with Gasteiger partial charge in [-0.1, -0.05) is 30.1 Å². The Balaban J connectivity index is 2.27. The lowest BCUT2D eigenvalue weighted by molar-refractivity contribution is 0.459. The minimum absolute atomic E-state index is 0.445. The minimum Gasteiger partial charge on any atom is -0.439 e. The van der Waals surface area contributed by atoms with Crippen LogP contribution in [0.3, 0.4) is 0 Å². The molecule has 2 aromatic rings. The number of rotatable bonds is 5. The Morgan fingerprint density at radius 1 is 1.15 bits per heavy atom. The summed E-state index contributed by atoms with van der Waals surface area (Å²) in [5.74, 6) is 2.53. The maximum Gasteiger partial charge on any atom is 0.224 e. The zero-order valence-corrected chi connectivity index (χ0v) is 12.8. The van der Waals surface area contributed by atoms with E-state index in [0.717, 1.165) is 24.5 Å². The summed E-state index contributed by atoms with van der Waals surface area (Å²) >= 11 is 11.8. The fourth-order valence-electron chi connectivity index (χ4n) is 1.65. The highest BCUT2D eigenvalue weighted by molar-refractivity contribution is 6.42. The summed E-state index contributed by atoms with van der Waals surface area (Å²) in [7, 11) is 1.81. The topological polar surface area (TPSA) is 47.0 Å². The van der Waals surface area contributed by atoms with Crippen LogP contribution in [0.5, 0.6) is 11.6 Å². The molecule has 0 saturated heterocycles. The molecule has 1 N–H and O–H groups in total. The van der Waals surface area contributed by atoms with E-state index in [9.17, 15) is 0 Å². The van der Waals surface area contributed by atoms with Gasteiger partial charge in [0.1, 0.15) is 17.4 Å². The molecule has 0 atom stereocenters. The summed E-state index contributed by atoms with van der Waals surface area (Å²) in [5.41, 5.74) is 0. The van der Waals surface area contributed by atoms with Crippen molar-refractivity contribution in [3.05, 3.63) is 40.1 Å². The number of aryl methyl sites for hydroxylation is 1. The molecule has 4 nitrogen and oxygen atoms in total. The number of aromatic nitrogens is 2. The molecule has 106 valence electrons. The van der Waals surface area contributed by atoms with E-state index < -0.39 is 0 Å². The number of anilines is 1. The number of hydrogen-bond acceptors (Lipinski definition) is 4. The van der Waals surface area contributed by atoms with Crippen molar-refractivity contribution in [2.75, 3.05) is 12.4 Å². The molecule has 0 unspecified atom stereocenters. The third kappa shape index (κ3) is 3.74. The normalized spacial score (nSPS) is 10.4. The zero-order chi connectivity index (χ0) is 14.5.